The van der Waals surface area contributed by atoms with Crippen molar-refractivity contribution in [3.05, 3.63) is 52.0 Å². The second kappa shape index (κ2) is 5.09. The summed E-state index contributed by atoms with van der Waals surface area (Å²) in [6.45, 7) is 0.426. The Bertz CT molecular complexity index is 492. The smallest absolute Gasteiger partial charge is 0.182 e. The van der Waals surface area contributed by atoms with Crippen LogP contribution in [-0.4, -0.2) is 4.57 Å². The molecule has 2 rings (SSSR count). The molecule has 0 saturated carbocycles. The van der Waals surface area contributed by atoms with Crippen LogP contribution in [0.25, 0.3) is 0 Å². The fourth-order valence-corrected chi connectivity index (χ4v) is 1.84. The van der Waals surface area contributed by atoms with Crippen LogP contribution >= 0.6 is 23.7 Å². The van der Waals surface area contributed by atoms with Gasteiger partial charge < -0.3 is 4.57 Å². The molecule has 0 atom stereocenters. The molecule has 0 bridgehead atoms. The molecule has 0 fully saturated rings. The molecule has 0 aliphatic carbocycles. The molecule has 0 radical (unpaired) electrons. The molecule has 0 amide bonds. The van der Waals surface area contributed by atoms with Crippen molar-refractivity contribution in [3.63, 3.8) is 0 Å². The summed E-state index contributed by atoms with van der Waals surface area (Å²) in [5.41, 5.74) is 0.615. The molecule has 1 N–H and O–H groups in total. The fraction of sp³-hybridized carbons (Fsp3) is 0.100. The monoisotopic (exact) mass is 244 g/mol. The van der Waals surface area contributed by atoms with Gasteiger partial charge in [-0.1, -0.05) is 18.2 Å². The lowest BCUT2D eigenvalue weighted by atomic mass is 10.2. The normalized spacial score (nSPS) is 9.67. The predicted octanol–water partition coefficient (Wildman–Crippen LogP) is 2.64. The largest absolute Gasteiger partial charge is 0.320 e. The molecule has 5 heteroatoms. The quantitative estimate of drug-likeness (QED) is 0.842. The maximum Gasteiger partial charge on any atom is 0.182 e. The van der Waals surface area contributed by atoms with Gasteiger partial charge in [0.15, 0.2) is 4.80 Å². The van der Waals surface area contributed by atoms with Crippen molar-refractivity contribution < 1.29 is 4.39 Å². The molecule has 0 aliphatic heterocycles. The van der Waals surface area contributed by atoms with E-state index in [0.717, 1.165) is 0 Å². The number of benzene rings is 1. The van der Waals surface area contributed by atoms with Gasteiger partial charge in [0.05, 0.1) is 6.54 Å². The standard InChI is InChI=1S/C10H9FN2S.ClH/c11-9-4-2-1-3-8(9)7-13-5-6-14-10(13)12;/h1-6,12H,7H2;1H. The lowest BCUT2D eigenvalue weighted by Gasteiger charge is -2.03. The van der Waals surface area contributed by atoms with Gasteiger partial charge >= 0.3 is 0 Å². The summed E-state index contributed by atoms with van der Waals surface area (Å²) >= 11 is 1.34. The number of halogens is 2. The minimum absolute atomic E-state index is 0. The average molecular weight is 245 g/mol. The van der Waals surface area contributed by atoms with E-state index in [1.54, 1.807) is 29.0 Å². The zero-order chi connectivity index (χ0) is 9.97. The van der Waals surface area contributed by atoms with Gasteiger partial charge in [0.25, 0.3) is 0 Å². The van der Waals surface area contributed by atoms with Crippen LogP contribution in [0.4, 0.5) is 4.39 Å². The van der Waals surface area contributed by atoms with Crippen LogP contribution in [0.15, 0.2) is 35.8 Å². The van der Waals surface area contributed by atoms with E-state index in [4.69, 9.17) is 5.41 Å². The predicted molar refractivity (Wildman–Crippen MR) is 60.9 cm³/mol. The second-order valence-electron chi connectivity index (χ2n) is 2.93. The lowest BCUT2D eigenvalue weighted by molar-refractivity contribution is 0.596. The Kier molecular flexibility index (Phi) is 4.05. The van der Waals surface area contributed by atoms with Gasteiger partial charge in [-0.3, -0.25) is 5.41 Å². The van der Waals surface area contributed by atoms with Crippen molar-refractivity contribution in [2.75, 3.05) is 0 Å². The van der Waals surface area contributed by atoms with Gasteiger partial charge in [0.1, 0.15) is 5.82 Å². The van der Waals surface area contributed by atoms with E-state index in [0.29, 0.717) is 16.9 Å². The van der Waals surface area contributed by atoms with Gasteiger partial charge in [-0.25, -0.2) is 4.39 Å². The van der Waals surface area contributed by atoms with E-state index in [2.05, 4.69) is 0 Å². The Morgan fingerprint density at radius 2 is 2.07 bits per heavy atom. The number of hydrogen-bond acceptors (Lipinski definition) is 2. The van der Waals surface area contributed by atoms with Gasteiger partial charge in [0, 0.05) is 17.1 Å². The third-order valence-corrected chi connectivity index (χ3v) is 2.70. The van der Waals surface area contributed by atoms with Crippen LogP contribution in [0.1, 0.15) is 5.56 Å². The molecular formula is C10H10ClFN2S. The van der Waals surface area contributed by atoms with Crippen molar-refractivity contribution in [2.45, 2.75) is 6.54 Å². The molecule has 1 heterocycles. The van der Waals surface area contributed by atoms with Crippen molar-refractivity contribution >= 4 is 23.7 Å². The van der Waals surface area contributed by atoms with E-state index < -0.39 is 0 Å². The van der Waals surface area contributed by atoms with Crippen LogP contribution in [0.2, 0.25) is 0 Å². The zero-order valence-corrected chi connectivity index (χ0v) is 9.45. The Morgan fingerprint density at radius 3 is 2.67 bits per heavy atom. The highest BCUT2D eigenvalue weighted by Crippen LogP contribution is 2.07. The molecule has 15 heavy (non-hydrogen) atoms. The third-order valence-electron chi connectivity index (χ3n) is 1.98. The Hall–Kier alpha value is -1.13. The summed E-state index contributed by atoms with van der Waals surface area (Å²) in [5, 5.41) is 9.35. The number of hydrogen-bond donors (Lipinski definition) is 1. The van der Waals surface area contributed by atoms with Crippen LogP contribution in [0, 0.1) is 11.2 Å². The second-order valence-corrected chi connectivity index (χ2v) is 3.82. The highest BCUT2D eigenvalue weighted by molar-refractivity contribution is 7.06. The van der Waals surface area contributed by atoms with Gasteiger partial charge in [-0.15, -0.1) is 23.7 Å². The van der Waals surface area contributed by atoms with E-state index in [1.807, 2.05) is 5.38 Å². The van der Waals surface area contributed by atoms with E-state index in [-0.39, 0.29) is 18.2 Å². The first kappa shape index (κ1) is 11.9. The van der Waals surface area contributed by atoms with E-state index in [1.165, 1.54) is 17.4 Å². The maximum absolute atomic E-state index is 13.2. The third kappa shape index (κ3) is 2.67. The lowest BCUT2D eigenvalue weighted by Crippen LogP contribution is -2.13. The number of nitrogens with one attached hydrogen (secondary N) is 1. The van der Waals surface area contributed by atoms with Gasteiger partial charge in [-0.05, 0) is 6.07 Å². The minimum atomic E-state index is -0.217. The van der Waals surface area contributed by atoms with Crippen LogP contribution in [-0.2, 0) is 6.54 Å². The fourth-order valence-electron chi connectivity index (χ4n) is 1.24. The topological polar surface area (TPSA) is 28.8 Å². The molecule has 2 aromatic rings. The van der Waals surface area contributed by atoms with Crippen molar-refractivity contribution in [1.82, 2.24) is 4.57 Å². The maximum atomic E-state index is 13.2. The molecule has 1 aromatic carbocycles. The molecule has 0 saturated heterocycles. The first-order valence-electron chi connectivity index (χ1n) is 4.19. The van der Waals surface area contributed by atoms with E-state index in [9.17, 15) is 4.39 Å². The molecule has 0 unspecified atom stereocenters. The summed E-state index contributed by atoms with van der Waals surface area (Å²) < 4.78 is 15.0. The summed E-state index contributed by atoms with van der Waals surface area (Å²) in [6, 6.07) is 6.64. The van der Waals surface area contributed by atoms with Crippen LogP contribution in [0.5, 0.6) is 0 Å². The number of thiazole rings is 1. The molecule has 1 aromatic heterocycles. The summed E-state index contributed by atoms with van der Waals surface area (Å²) in [6.07, 6.45) is 1.79. The molecule has 2 nitrogen and oxygen atoms in total. The van der Waals surface area contributed by atoms with Gasteiger partial charge in [-0.2, -0.15) is 0 Å². The summed E-state index contributed by atoms with van der Waals surface area (Å²) in [4.78, 5) is 0.438. The van der Waals surface area contributed by atoms with Crippen LogP contribution < -0.4 is 4.80 Å². The van der Waals surface area contributed by atoms with E-state index >= 15 is 0 Å². The Labute approximate surface area is 96.9 Å². The van der Waals surface area contributed by atoms with Gasteiger partial charge in [0.2, 0.25) is 0 Å². The first-order chi connectivity index (χ1) is 6.77. The SMILES string of the molecule is Cl.N=c1sccn1Cc1ccccc1F. The summed E-state index contributed by atoms with van der Waals surface area (Å²) in [7, 11) is 0. The first-order valence-corrected chi connectivity index (χ1v) is 5.07. The molecular weight excluding hydrogens is 235 g/mol. The average Bonchev–Trinajstić information content (AvgIpc) is 2.56. The number of aromatic nitrogens is 1. The Balaban J connectivity index is 0.00000112. The number of nitrogens with zero attached hydrogens (tertiary/aromatic N) is 1. The summed E-state index contributed by atoms with van der Waals surface area (Å²) in [5.74, 6) is -0.217. The van der Waals surface area contributed by atoms with Crippen molar-refractivity contribution in [3.8, 4) is 0 Å². The highest BCUT2D eigenvalue weighted by Gasteiger charge is 2.01. The number of rotatable bonds is 2. The van der Waals surface area contributed by atoms with Crippen LogP contribution in [0.3, 0.4) is 0 Å². The molecule has 80 valence electrons. The molecule has 0 aliphatic rings. The van der Waals surface area contributed by atoms with Crippen molar-refractivity contribution in [1.29, 1.82) is 5.41 Å². The molecule has 0 spiro atoms. The minimum Gasteiger partial charge on any atom is -0.320 e. The highest BCUT2D eigenvalue weighted by atomic mass is 35.5. The van der Waals surface area contributed by atoms with Crippen molar-refractivity contribution in [2.24, 2.45) is 0 Å². The Morgan fingerprint density at radius 1 is 1.33 bits per heavy atom. The zero-order valence-electron chi connectivity index (χ0n) is 7.81.